The van der Waals surface area contributed by atoms with Crippen LogP contribution in [0.1, 0.15) is 57.6 Å². The normalized spacial score (nSPS) is 21.5. The van der Waals surface area contributed by atoms with Crippen molar-refractivity contribution in [2.45, 2.75) is 64.8 Å². The maximum absolute atomic E-state index is 13.6. The molecule has 1 fully saturated rings. The molecule has 3 heteroatoms. The Morgan fingerprint density at radius 2 is 1.96 bits per heavy atom. The van der Waals surface area contributed by atoms with Crippen molar-refractivity contribution in [3.8, 4) is 0 Å². The molecule has 2 aromatic rings. The van der Waals surface area contributed by atoms with Gasteiger partial charge in [0.1, 0.15) is 5.82 Å². The van der Waals surface area contributed by atoms with Crippen LogP contribution in [0.15, 0.2) is 24.3 Å². The van der Waals surface area contributed by atoms with E-state index in [-0.39, 0.29) is 5.82 Å². The van der Waals surface area contributed by atoms with E-state index in [2.05, 4.69) is 17.2 Å². The van der Waals surface area contributed by atoms with Crippen molar-refractivity contribution in [3.05, 3.63) is 35.8 Å². The average Bonchev–Trinajstić information content (AvgIpc) is 2.55. The van der Waals surface area contributed by atoms with Gasteiger partial charge >= 0.3 is 0 Å². The van der Waals surface area contributed by atoms with Gasteiger partial charge in [0.15, 0.2) is 0 Å². The molecule has 1 saturated carbocycles. The Kier molecular flexibility index (Phi) is 5.14. The molecule has 23 heavy (non-hydrogen) atoms. The third kappa shape index (κ3) is 4.01. The predicted octanol–water partition coefficient (Wildman–Crippen LogP) is 5.84. The van der Waals surface area contributed by atoms with Crippen LogP contribution in [0.5, 0.6) is 0 Å². The zero-order valence-corrected chi connectivity index (χ0v) is 14.2. The highest BCUT2D eigenvalue weighted by Crippen LogP contribution is 2.32. The van der Waals surface area contributed by atoms with Gasteiger partial charge in [-0.25, -0.2) is 4.39 Å². The van der Waals surface area contributed by atoms with E-state index in [9.17, 15) is 4.39 Å². The van der Waals surface area contributed by atoms with Crippen LogP contribution in [-0.2, 0) is 0 Å². The minimum absolute atomic E-state index is 0.200. The van der Waals surface area contributed by atoms with Crippen molar-refractivity contribution in [1.82, 2.24) is 4.98 Å². The Labute approximate surface area is 138 Å². The van der Waals surface area contributed by atoms with Gasteiger partial charge in [0.25, 0.3) is 0 Å². The fraction of sp³-hybridized carbons (Fsp3) is 0.550. The van der Waals surface area contributed by atoms with Crippen LogP contribution in [0, 0.1) is 18.7 Å². The Morgan fingerprint density at radius 3 is 2.70 bits per heavy atom. The number of unbranched alkanes of at least 4 members (excludes halogenated alkanes) is 1. The fourth-order valence-electron chi connectivity index (χ4n) is 3.76. The summed E-state index contributed by atoms with van der Waals surface area (Å²) in [6.07, 6.45) is 9.09. The van der Waals surface area contributed by atoms with Gasteiger partial charge in [-0.15, -0.1) is 0 Å². The van der Waals surface area contributed by atoms with Gasteiger partial charge < -0.3 is 5.32 Å². The molecule has 0 amide bonds. The molecule has 0 atom stereocenters. The van der Waals surface area contributed by atoms with Crippen LogP contribution in [0.3, 0.4) is 0 Å². The highest BCUT2D eigenvalue weighted by Gasteiger charge is 2.21. The van der Waals surface area contributed by atoms with Crippen molar-refractivity contribution in [2.24, 2.45) is 5.92 Å². The lowest BCUT2D eigenvalue weighted by Gasteiger charge is -2.30. The van der Waals surface area contributed by atoms with Crippen LogP contribution in [0.25, 0.3) is 10.9 Å². The van der Waals surface area contributed by atoms with E-state index in [4.69, 9.17) is 0 Å². The van der Waals surface area contributed by atoms with Crippen molar-refractivity contribution in [1.29, 1.82) is 0 Å². The van der Waals surface area contributed by atoms with Gasteiger partial charge in [-0.05, 0) is 62.8 Å². The van der Waals surface area contributed by atoms with Gasteiger partial charge in [-0.1, -0.05) is 26.2 Å². The van der Waals surface area contributed by atoms with E-state index in [1.54, 1.807) is 12.1 Å². The SMILES string of the molecule is CCCCC1CCC(Nc2cc(C)nc3ccc(F)cc23)CC1. The average molecular weight is 314 g/mol. The molecule has 1 aliphatic rings. The van der Waals surface area contributed by atoms with Gasteiger partial charge in [0, 0.05) is 22.8 Å². The molecule has 1 aromatic carbocycles. The molecule has 1 aliphatic carbocycles. The minimum Gasteiger partial charge on any atom is -0.382 e. The third-order valence-electron chi connectivity index (χ3n) is 5.07. The number of halogens is 1. The number of benzene rings is 1. The lowest BCUT2D eigenvalue weighted by molar-refractivity contribution is 0.314. The molecule has 1 aromatic heterocycles. The Bertz CT molecular complexity index is 660. The summed E-state index contributed by atoms with van der Waals surface area (Å²) in [4.78, 5) is 4.51. The topological polar surface area (TPSA) is 24.9 Å². The third-order valence-corrected chi connectivity index (χ3v) is 5.07. The Balaban J connectivity index is 1.71. The smallest absolute Gasteiger partial charge is 0.124 e. The number of rotatable bonds is 5. The highest BCUT2D eigenvalue weighted by atomic mass is 19.1. The summed E-state index contributed by atoms with van der Waals surface area (Å²) >= 11 is 0. The van der Waals surface area contributed by atoms with Crippen molar-refractivity contribution in [3.63, 3.8) is 0 Å². The lowest BCUT2D eigenvalue weighted by atomic mass is 9.83. The second-order valence-electron chi connectivity index (χ2n) is 6.98. The van der Waals surface area contributed by atoms with Gasteiger partial charge in [0.2, 0.25) is 0 Å². The van der Waals surface area contributed by atoms with Gasteiger partial charge in [-0.2, -0.15) is 0 Å². The second kappa shape index (κ2) is 7.29. The largest absolute Gasteiger partial charge is 0.382 e. The predicted molar refractivity (Wildman–Crippen MR) is 95.3 cm³/mol. The first-order chi connectivity index (χ1) is 11.2. The first-order valence-corrected chi connectivity index (χ1v) is 8.99. The molecule has 1 heterocycles. The molecule has 0 aliphatic heterocycles. The van der Waals surface area contributed by atoms with E-state index in [1.807, 2.05) is 13.0 Å². The Hall–Kier alpha value is -1.64. The number of hydrogen-bond donors (Lipinski definition) is 1. The zero-order chi connectivity index (χ0) is 16.2. The van der Waals surface area contributed by atoms with Crippen molar-refractivity contribution in [2.75, 3.05) is 5.32 Å². The monoisotopic (exact) mass is 314 g/mol. The van der Waals surface area contributed by atoms with Gasteiger partial charge in [0.05, 0.1) is 5.52 Å². The van der Waals surface area contributed by atoms with Crippen LogP contribution in [-0.4, -0.2) is 11.0 Å². The molecular formula is C20H27FN2. The number of hydrogen-bond acceptors (Lipinski definition) is 2. The van der Waals surface area contributed by atoms with Crippen LogP contribution < -0.4 is 5.32 Å². The minimum atomic E-state index is -0.200. The lowest BCUT2D eigenvalue weighted by Crippen LogP contribution is -2.26. The molecular weight excluding hydrogens is 287 g/mol. The van der Waals surface area contributed by atoms with Crippen LogP contribution in [0.2, 0.25) is 0 Å². The summed E-state index contributed by atoms with van der Waals surface area (Å²) < 4.78 is 13.6. The van der Waals surface area contributed by atoms with Crippen LogP contribution in [0.4, 0.5) is 10.1 Å². The summed E-state index contributed by atoms with van der Waals surface area (Å²) in [7, 11) is 0. The second-order valence-corrected chi connectivity index (χ2v) is 6.98. The molecule has 0 bridgehead atoms. The van der Waals surface area contributed by atoms with Crippen molar-refractivity contribution < 1.29 is 4.39 Å². The quantitative estimate of drug-likeness (QED) is 0.749. The number of fused-ring (bicyclic) bond motifs is 1. The first kappa shape index (κ1) is 16.2. The van der Waals surface area contributed by atoms with E-state index in [1.165, 1.54) is 51.0 Å². The molecule has 0 radical (unpaired) electrons. The maximum Gasteiger partial charge on any atom is 0.124 e. The number of aromatic nitrogens is 1. The number of aryl methyl sites for hydroxylation is 1. The van der Waals surface area contributed by atoms with Crippen molar-refractivity contribution >= 4 is 16.6 Å². The summed E-state index contributed by atoms with van der Waals surface area (Å²) in [6, 6.07) is 7.39. The molecule has 0 unspecified atom stereocenters. The van der Waals surface area contributed by atoms with Gasteiger partial charge in [-0.3, -0.25) is 4.98 Å². The fourth-order valence-corrected chi connectivity index (χ4v) is 3.76. The summed E-state index contributed by atoms with van der Waals surface area (Å²) in [5.41, 5.74) is 2.87. The molecule has 0 spiro atoms. The zero-order valence-electron chi connectivity index (χ0n) is 14.2. The molecule has 124 valence electrons. The standard InChI is InChI=1S/C20H27FN2/c1-3-4-5-15-6-9-17(10-7-15)23-20-12-14(2)22-19-11-8-16(21)13-18(19)20/h8,11-13,15,17H,3-7,9-10H2,1-2H3,(H,22,23). The number of nitrogens with one attached hydrogen (secondary N) is 1. The number of anilines is 1. The number of pyridine rings is 1. The van der Waals surface area contributed by atoms with E-state index < -0.39 is 0 Å². The summed E-state index contributed by atoms with van der Waals surface area (Å²) in [6.45, 7) is 4.26. The molecule has 2 nitrogen and oxygen atoms in total. The molecule has 3 rings (SSSR count). The summed E-state index contributed by atoms with van der Waals surface area (Å²) in [5, 5.41) is 4.55. The number of nitrogens with zero attached hydrogens (tertiary/aromatic N) is 1. The maximum atomic E-state index is 13.6. The van der Waals surface area contributed by atoms with Crippen LogP contribution >= 0.6 is 0 Å². The van der Waals surface area contributed by atoms with E-state index >= 15 is 0 Å². The molecule has 1 N–H and O–H groups in total. The van der Waals surface area contributed by atoms with E-state index in [0.29, 0.717) is 6.04 Å². The molecule has 0 saturated heterocycles. The van der Waals surface area contributed by atoms with E-state index in [0.717, 1.165) is 28.2 Å². The highest BCUT2D eigenvalue weighted by molar-refractivity contribution is 5.91. The Morgan fingerprint density at radius 1 is 1.17 bits per heavy atom. The summed E-state index contributed by atoms with van der Waals surface area (Å²) in [5.74, 6) is 0.704. The first-order valence-electron chi connectivity index (χ1n) is 8.99.